The standard InChI is InChI=1S/C21H20N2O4S/c1-14-19(12-15-7-8-17-18(11-15)27-13-26-17)28-21(22-14)23-20(24)9-10-25-16-5-3-2-4-6-16/h2-8,11H,9-10,12-13H2,1H3,(H,22,23,24). The first-order valence-electron chi connectivity index (χ1n) is 9.00. The fourth-order valence-electron chi connectivity index (χ4n) is 2.84. The summed E-state index contributed by atoms with van der Waals surface area (Å²) in [5.41, 5.74) is 2.03. The van der Waals surface area contributed by atoms with E-state index >= 15 is 0 Å². The number of thiazole rings is 1. The van der Waals surface area contributed by atoms with Crippen molar-refractivity contribution in [2.24, 2.45) is 0 Å². The van der Waals surface area contributed by atoms with Crippen molar-refractivity contribution in [3.05, 3.63) is 64.7 Å². The van der Waals surface area contributed by atoms with Crippen LogP contribution < -0.4 is 19.5 Å². The van der Waals surface area contributed by atoms with Crippen LogP contribution in [-0.2, 0) is 11.2 Å². The number of ether oxygens (including phenoxy) is 3. The molecule has 0 unspecified atom stereocenters. The predicted molar refractivity (Wildman–Crippen MR) is 107 cm³/mol. The van der Waals surface area contributed by atoms with Crippen LogP contribution in [0.4, 0.5) is 5.13 Å². The minimum Gasteiger partial charge on any atom is -0.493 e. The quantitative estimate of drug-likeness (QED) is 0.649. The number of carbonyl (C=O) groups is 1. The van der Waals surface area contributed by atoms with Crippen LogP contribution in [0.3, 0.4) is 0 Å². The minimum absolute atomic E-state index is 0.112. The Morgan fingerprint density at radius 1 is 1.18 bits per heavy atom. The molecule has 0 radical (unpaired) electrons. The molecule has 1 N–H and O–H groups in total. The smallest absolute Gasteiger partial charge is 0.231 e. The van der Waals surface area contributed by atoms with Gasteiger partial charge in [-0.25, -0.2) is 4.98 Å². The second kappa shape index (κ2) is 8.31. The third-order valence-electron chi connectivity index (χ3n) is 4.28. The number of amides is 1. The number of aromatic nitrogens is 1. The normalized spacial score (nSPS) is 12.0. The number of para-hydroxylation sites is 1. The fourth-order valence-corrected chi connectivity index (χ4v) is 3.85. The molecule has 144 valence electrons. The van der Waals surface area contributed by atoms with Gasteiger partial charge in [-0.05, 0) is 36.8 Å². The minimum atomic E-state index is -0.112. The van der Waals surface area contributed by atoms with Gasteiger partial charge in [-0.2, -0.15) is 0 Å². The summed E-state index contributed by atoms with van der Waals surface area (Å²) < 4.78 is 16.3. The number of anilines is 1. The second-order valence-electron chi connectivity index (χ2n) is 6.35. The van der Waals surface area contributed by atoms with Gasteiger partial charge < -0.3 is 19.5 Å². The van der Waals surface area contributed by atoms with Crippen molar-refractivity contribution in [1.29, 1.82) is 0 Å². The van der Waals surface area contributed by atoms with Crippen molar-refractivity contribution in [2.75, 3.05) is 18.7 Å². The van der Waals surface area contributed by atoms with Gasteiger partial charge in [-0.1, -0.05) is 24.3 Å². The summed E-state index contributed by atoms with van der Waals surface area (Å²) in [7, 11) is 0. The van der Waals surface area contributed by atoms with Crippen molar-refractivity contribution in [2.45, 2.75) is 19.8 Å². The number of aryl methyl sites for hydroxylation is 1. The van der Waals surface area contributed by atoms with E-state index in [1.807, 2.05) is 55.5 Å². The van der Waals surface area contributed by atoms with E-state index in [0.29, 0.717) is 11.7 Å². The highest BCUT2D eigenvalue weighted by Gasteiger charge is 2.15. The second-order valence-corrected chi connectivity index (χ2v) is 7.44. The van der Waals surface area contributed by atoms with Crippen LogP contribution in [-0.4, -0.2) is 24.3 Å². The first-order valence-corrected chi connectivity index (χ1v) is 9.81. The van der Waals surface area contributed by atoms with Gasteiger partial charge in [-0.3, -0.25) is 4.79 Å². The highest BCUT2D eigenvalue weighted by molar-refractivity contribution is 7.15. The Bertz CT molecular complexity index is 972. The van der Waals surface area contributed by atoms with Gasteiger partial charge in [-0.15, -0.1) is 11.3 Å². The van der Waals surface area contributed by atoms with Crippen LogP contribution >= 0.6 is 11.3 Å². The Balaban J connectivity index is 1.31. The van der Waals surface area contributed by atoms with Crippen molar-refractivity contribution >= 4 is 22.4 Å². The maximum absolute atomic E-state index is 12.2. The van der Waals surface area contributed by atoms with Gasteiger partial charge in [0.15, 0.2) is 16.6 Å². The van der Waals surface area contributed by atoms with E-state index in [9.17, 15) is 4.79 Å². The third kappa shape index (κ3) is 4.43. The maximum atomic E-state index is 12.2. The van der Waals surface area contributed by atoms with Gasteiger partial charge in [0.25, 0.3) is 0 Å². The number of rotatable bonds is 7. The number of hydrogen-bond donors (Lipinski definition) is 1. The molecule has 6 nitrogen and oxygen atoms in total. The van der Waals surface area contributed by atoms with E-state index in [4.69, 9.17) is 14.2 Å². The topological polar surface area (TPSA) is 69.7 Å². The highest BCUT2D eigenvalue weighted by Crippen LogP contribution is 2.34. The molecule has 1 aliphatic heterocycles. The predicted octanol–water partition coefficient (Wildman–Crippen LogP) is 4.18. The molecule has 7 heteroatoms. The Labute approximate surface area is 167 Å². The van der Waals surface area contributed by atoms with Gasteiger partial charge >= 0.3 is 0 Å². The number of benzene rings is 2. The molecular weight excluding hydrogens is 376 g/mol. The largest absolute Gasteiger partial charge is 0.493 e. The summed E-state index contributed by atoms with van der Waals surface area (Å²) in [5, 5.41) is 3.47. The Hall–Kier alpha value is -3.06. The first kappa shape index (κ1) is 18.3. The fraction of sp³-hybridized carbons (Fsp3) is 0.238. The average Bonchev–Trinajstić information content (AvgIpc) is 3.29. The van der Waals surface area contributed by atoms with E-state index < -0.39 is 0 Å². The lowest BCUT2D eigenvalue weighted by Crippen LogP contribution is -2.15. The molecule has 0 spiro atoms. The molecule has 3 aromatic rings. The number of nitrogens with zero attached hydrogens (tertiary/aromatic N) is 1. The SMILES string of the molecule is Cc1nc(NC(=O)CCOc2ccccc2)sc1Cc1ccc2c(c1)OCO2. The van der Waals surface area contributed by atoms with E-state index in [1.54, 1.807) is 0 Å². The molecule has 2 aromatic carbocycles. The monoisotopic (exact) mass is 396 g/mol. The summed E-state index contributed by atoms with van der Waals surface area (Å²) in [5.74, 6) is 2.19. The van der Waals surface area contributed by atoms with Crippen LogP contribution in [0, 0.1) is 6.92 Å². The molecule has 0 saturated carbocycles. The summed E-state index contributed by atoms with van der Waals surface area (Å²) >= 11 is 1.49. The van der Waals surface area contributed by atoms with Crippen LogP contribution in [0.5, 0.6) is 17.2 Å². The molecular formula is C21H20N2O4S. The average molecular weight is 396 g/mol. The van der Waals surface area contributed by atoms with Crippen LogP contribution in [0.15, 0.2) is 48.5 Å². The molecule has 1 aromatic heterocycles. The molecule has 28 heavy (non-hydrogen) atoms. The zero-order chi connectivity index (χ0) is 19.3. The Morgan fingerprint density at radius 2 is 2.00 bits per heavy atom. The highest BCUT2D eigenvalue weighted by atomic mass is 32.1. The molecule has 0 atom stereocenters. The third-order valence-corrected chi connectivity index (χ3v) is 5.35. The van der Waals surface area contributed by atoms with E-state index in [-0.39, 0.29) is 19.1 Å². The van der Waals surface area contributed by atoms with Crippen molar-refractivity contribution in [3.8, 4) is 17.2 Å². The summed E-state index contributed by atoms with van der Waals surface area (Å²) in [6.45, 7) is 2.54. The summed E-state index contributed by atoms with van der Waals surface area (Å²) in [4.78, 5) is 17.7. The molecule has 0 bridgehead atoms. The van der Waals surface area contributed by atoms with Crippen molar-refractivity contribution < 1.29 is 19.0 Å². The van der Waals surface area contributed by atoms with Crippen molar-refractivity contribution in [3.63, 3.8) is 0 Å². The zero-order valence-electron chi connectivity index (χ0n) is 15.4. The zero-order valence-corrected chi connectivity index (χ0v) is 16.3. The van der Waals surface area contributed by atoms with E-state index in [1.165, 1.54) is 11.3 Å². The Morgan fingerprint density at radius 3 is 2.86 bits per heavy atom. The molecule has 4 rings (SSSR count). The number of nitrogens with one attached hydrogen (secondary N) is 1. The molecule has 1 aliphatic rings. The van der Waals surface area contributed by atoms with Crippen LogP contribution in [0.25, 0.3) is 0 Å². The summed E-state index contributed by atoms with van der Waals surface area (Å²) in [6, 6.07) is 15.4. The van der Waals surface area contributed by atoms with E-state index in [2.05, 4.69) is 10.3 Å². The van der Waals surface area contributed by atoms with Crippen LogP contribution in [0.2, 0.25) is 0 Å². The molecule has 2 heterocycles. The van der Waals surface area contributed by atoms with Crippen LogP contribution in [0.1, 0.15) is 22.6 Å². The van der Waals surface area contributed by atoms with Crippen molar-refractivity contribution in [1.82, 2.24) is 4.98 Å². The number of fused-ring (bicyclic) bond motifs is 1. The van der Waals surface area contributed by atoms with Gasteiger partial charge in [0.2, 0.25) is 12.7 Å². The lowest BCUT2D eigenvalue weighted by atomic mass is 10.1. The lowest BCUT2D eigenvalue weighted by molar-refractivity contribution is -0.116. The molecule has 0 saturated heterocycles. The summed E-state index contributed by atoms with van der Waals surface area (Å²) in [6.07, 6.45) is 0.998. The first-order chi connectivity index (χ1) is 13.7. The number of carbonyl (C=O) groups excluding carboxylic acids is 1. The Kier molecular flexibility index (Phi) is 5.43. The van der Waals surface area contributed by atoms with Gasteiger partial charge in [0.05, 0.1) is 18.7 Å². The number of hydrogen-bond acceptors (Lipinski definition) is 6. The lowest BCUT2D eigenvalue weighted by Gasteiger charge is -2.05. The van der Waals surface area contributed by atoms with Gasteiger partial charge in [0.1, 0.15) is 5.75 Å². The van der Waals surface area contributed by atoms with Gasteiger partial charge in [0, 0.05) is 11.3 Å². The molecule has 0 aliphatic carbocycles. The van der Waals surface area contributed by atoms with E-state index in [0.717, 1.165) is 39.8 Å². The maximum Gasteiger partial charge on any atom is 0.231 e. The molecule has 0 fully saturated rings. The molecule has 1 amide bonds.